The summed E-state index contributed by atoms with van der Waals surface area (Å²) in [4.78, 5) is 0. The Kier molecular flexibility index (Phi) is 2.87. The van der Waals surface area contributed by atoms with Crippen LogP contribution in [0.4, 0.5) is 0 Å². The third-order valence-corrected chi connectivity index (χ3v) is 1.99. The lowest BCUT2D eigenvalue weighted by atomic mass is 9.74. The molecular formula is C10H21N. The predicted molar refractivity (Wildman–Crippen MR) is 51.3 cm³/mol. The van der Waals surface area contributed by atoms with Crippen molar-refractivity contribution in [1.82, 2.24) is 0 Å². The number of hydrogen-bond acceptors (Lipinski definition) is 1. The zero-order chi connectivity index (χ0) is 9.28. The van der Waals surface area contributed by atoms with Crippen LogP contribution < -0.4 is 0 Å². The van der Waals surface area contributed by atoms with Crippen molar-refractivity contribution in [3.63, 3.8) is 0 Å². The summed E-state index contributed by atoms with van der Waals surface area (Å²) in [6.07, 6.45) is 1.08. The molecule has 0 atom stereocenters. The monoisotopic (exact) mass is 155 g/mol. The third-order valence-electron chi connectivity index (χ3n) is 1.99. The molecule has 1 N–H and O–H groups in total. The van der Waals surface area contributed by atoms with Crippen LogP contribution in [-0.2, 0) is 0 Å². The summed E-state index contributed by atoms with van der Waals surface area (Å²) in [6, 6.07) is 0. The number of rotatable bonds is 2. The van der Waals surface area contributed by atoms with E-state index in [0.29, 0.717) is 5.41 Å². The summed E-state index contributed by atoms with van der Waals surface area (Å²) in [5.41, 5.74) is 1.18. The van der Waals surface area contributed by atoms with E-state index >= 15 is 0 Å². The van der Waals surface area contributed by atoms with Crippen LogP contribution in [0.1, 0.15) is 48.0 Å². The fourth-order valence-corrected chi connectivity index (χ4v) is 1.46. The Labute approximate surface area is 70.7 Å². The van der Waals surface area contributed by atoms with E-state index in [2.05, 4.69) is 34.6 Å². The van der Waals surface area contributed by atoms with Gasteiger partial charge in [-0.25, -0.2) is 0 Å². The van der Waals surface area contributed by atoms with Gasteiger partial charge in [0.05, 0.1) is 0 Å². The molecule has 1 nitrogen and oxygen atoms in total. The molecule has 0 saturated heterocycles. The zero-order valence-electron chi connectivity index (χ0n) is 8.71. The molecule has 66 valence electrons. The van der Waals surface area contributed by atoms with Gasteiger partial charge in [0.25, 0.3) is 0 Å². The molecule has 0 aliphatic rings. The third kappa shape index (κ3) is 4.18. The van der Waals surface area contributed by atoms with Gasteiger partial charge in [-0.15, -0.1) is 0 Å². The Hall–Kier alpha value is -0.330. The van der Waals surface area contributed by atoms with Crippen LogP contribution in [0.25, 0.3) is 0 Å². The van der Waals surface area contributed by atoms with E-state index in [1.807, 2.05) is 6.92 Å². The maximum atomic E-state index is 7.58. The van der Waals surface area contributed by atoms with Crippen molar-refractivity contribution in [2.45, 2.75) is 48.0 Å². The topological polar surface area (TPSA) is 23.9 Å². The van der Waals surface area contributed by atoms with E-state index < -0.39 is 0 Å². The molecule has 0 rings (SSSR count). The minimum Gasteiger partial charge on any atom is -0.309 e. The Morgan fingerprint density at radius 3 is 1.55 bits per heavy atom. The van der Waals surface area contributed by atoms with Crippen LogP contribution in [0.3, 0.4) is 0 Å². The smallest absolute Gasteiger partial charge is 0.0115 e. The van der Waals surface area contributed by atoms with E-state index in [1.165, 1.54) is 0 Å². The van der Waals surface area contributed by atoms with Gasteiger partial charge in [-0.05, 0) is 18.8 Å². The molecule has 0 aromatic rings. The second-order valence-corrected chi connectivity index (χ2v) is 5.25. The van der Waals surface area contributed by atoms with Crippen LogP contribution in [0.2, 0.25) is 0 Å². The lowest BCUT2D eigenvalue weighted by molar-refractivity contribution is 0.277. The van der Waals surface area contributed by atoms with Crippen molar-refractivity contribution in [3.05, 3.63) is 0 Å². The van der Waals surface area contributed by atoms with Crippen molar-refractivity contribution in [2.75, 3.05) is 0 Å². The minimum absolute atomic E-state index is 0.0677. The van der Waals surface area contributed by atoms with E-state index in [4.69, 9.17) is 5.41 Å². The van der Waals surface area contributed by atoms with Gasteiger partial charge in [0.1, 0.15) is 0 Å². The summed E-state index contributed by atoms with van der Waals surface area (Å²) >= 11 is 0. The maximum Gasteiger partial charge on any atom is 0.0115 e. The first-order valence-electron chi connectivity index (χ1n) is 4.21. The van der Waals surface area contributed by atoms with Crippen molar-refractivity contribution in [3.8, 4) is 0 Å². The standard InChI is InChI=1S/C10H21N/c1-8(11)10(5,6)7-9(2,3)4/h11H,7H2,1-6H3. The van der Waals surface area contributed by atoms with Crippen LogP contribution in [0, 0.1) is 16.2 Å². The van der Waals surface area contributed by atoms with Gasteiger partial charge >= 0.3 is 0 Å². The van der Waals surface area contributed by atoms with Gasteiger partial charge in [-0.1, -0.05) is 34.6 Å². The molecule has 0 aromatic heterocycles. The van der Waals surface area contributed by atoms with Crippen LogP contribution in [0.5, 0.6) is 0 Å². The Bertz CT molecular complexity index is 149. The predicted octanol–water partition coefficient (Wildman–Crippen LogP) is 3.49. The molecule has 11 heavy (non-hydrogen) atoms. The highest BCUT2D eigenvalue weighted by Gasteiger charge is 2.26. The minimum atomic E-state index is 0.0677. The van der Waals surface area contributed by atoms with E-state index in [9.17, 15) is 0 Å². The van der Waals surface area contributed by atoms with Crippen molar-refractivity contribution in [1.29, 1.82) is 5.41 Å². The van der Waals surface area contributed by atoms with Crippen LogP contribution in [0.15, 0.2) is 0 Å². The molecule has 0 fully saturated rings. The summed E-state index contributed by atoms with van der Waals surface area (Å²) < 4.78 is 0. The molecule has 0 saturated carbocycles. The average molecular weight is 155 g/mol. The summed E-state index contributed by atoms with van der Waals surface area (Å²) in [7, 11) is 0. The summed E-state index contributed by atoms with van der Waals surface area (Å²) in [5, 5.41) is 7.58. The molecule has 0 aliphatic carbocycles. The fourth-order valence-electron chi connectivity index (χ4n) is 1.46. The second kappa shape index (κ2) is 2.96. The largest absolute Gasteiger partial charge is 0.309 e. The van der Waals surface area contributed by atoms with Crippen molar-refractivity contribution >= 4 is 5.71 Å². The van der Waals surface area contributed by atoms with E-state index in [1.54, 1.807) is 0 Å². The molecule has 1 heteroatoms. The van der Waals surface area contributed by atoms with Crippen molar-refractivity contribution in [2.24, 2.45) is 10.8 Å². The molecule has 0 aromatic carbocycles. The average Bonchev–Trinajstić information content (AvgIpc) is 1.56. The van der Waals surface area contributed by atoms with E-state index in [-0.39, 0.29) is 5.41 Å². The highest BCUT2D eigenvalue weighted by Crippen LogP contribution is 2.33. The first-order chi connectivity index (χ1) is 4.65. The molecule has 0 heterocycles. The van der Waals surface area contributed by atoms with Crippen LogP contribution in [-0.4, -0.2) is 5.71 Å². The lowest BCUT2D eigenvalue weighted by Crippen LogP contribution is -2.26. The van der Waals surface area contributed by atoms with Gasteiger partial charge in [-0.2, -0.15) is 0 Å². The fraction of sp³-hybridized carbons (Fsp3) is 0.900. The quantitative estimate of drug-likeness (QED) is 0.590. The molecule has 0 spiro atoms. The SMILES string of the molecule is CC(=N)C(C)(C)CC(C)(C)C. The normalized spacial score (nSPS) is 13.3. The molecule has 0 radical (unpaired) electrons. The number of nitrogens with one attached hydrogen (secondary N) is 1. The summed E-state index contributed by atoms with van der Waals surface area (Å²) in [5.74, 6) is 0. The number of hydrogen-bond donors (Lipinski definition) is 1. The zero-order valence-corrected chi connectivity index (χ0v) is 8.71. The summed E-state index contributed by atoms with van der Waals surface area (Å²) in [6.45, 7) is 12.8. The van der Waals surface area contributed by atoms with Gasteiger partial charge in [0, 0.05) is 11.1 Å². The molecule has 0 unspecified atom stereocenters. The van der Waals surface area contributed by atoms with Gasteiger partial charge in [0.2, 0.25) is 0 Å². The first-order valence-corrected chi connectivity index (χ1v) is 4.21. The highest BCUT2D eigenvalue weighted by atomic mass is 14.5. The molecular weight excluding hydrogens is 134 g/mol. The Balaban J connectivity index is 4.25. The van der Waals surface area contributed by atoms with Gasteiger partial charge < -0.3 is 5.41 Å². The van der Waals surface area contributed by atoms with Gasteiger partial charge in [-0.3, -0.25) is 0 Å². The first kappa shape index (κ1) is 10.7. The Morgan fingerprint density at radius 1 is 1.09 bits per heavy atom. The maximum absolute atomic E-state index is 7.58. The second-order valence-electron chi connectivity index (χ2n) is 5.25. The van der Waals surface area contributed by atoms with Crippen molar-refractivity contribution < 1.29 is 0 Å². The highest BCUT2D eigenvalue weighted by molar-refractivity contribution is 5.84. The van der Waals surface area contributed by atoms with E-state index in [0.717, 1.165) is 12.1 Å². The molecule has 0 bridgehead atoms. The molecule has 0 amide bonds. The van der Waals surface area contributed by atoms with Crippen LogP contribution >= 0.6 is 0 Å². The lowest BCUT2D eigenvalue weighted by Gasteiger charge is -2.31. The molecule has 0 aliphatic heterocycles. The van der Waals surface area contributed by atoms with Gasteiger partial charge in [0.15, 0.2) is 0 Å². The Morgan fingerprint density at radius 2 is 1.45 bits per heavy atom.